The van der Waals surface area contributed by atoms with E-state index < -0.39 is 36.4 Å². The molecule has 5 N–H and O–H groups in total. The molecule has 0 amide bonds. The van der Waals surface area contributed by atoms with Crippen molar-refractivity contribution in [2.45, 2.75) is 18.4 Å². The molecule has 0 aliphatic heterocycles. The Balaban J connectivity index is 0. The van der Waals surface area contributed by atoms with Gasteiger partial charge in [0.1, 0.15) is 0 Å². The van der Waals surface area contributed by atoms with Crippen LogP contribution in [0.1, 0.15) is 12.8 Å². The summed E-state index contributed by atoms with van der Waals surface area (Å²) < 4.78 is 1.69. The van der Waals surface area contributed by atoms with Gasteiger partial charge in [0.15, 0.2) is 5.60 Å². The first kappa shape index (κ1) is 17.3. The Morgan fingerprint density at radius 3 is 1.38 bits per heavy atom. The summed E-state index contributed by atoms with van der Waals surface area (Å²) in [6.07, 6.45) is -2.29. The second kappa shape index (κ2) is 8.11. The minimum absolute atomic E-state index is 1.14. The molecule has 0 radical (unpaired) electrons. The van der Waals surface area contributed by atoms with Crippen LogP contribution in [0.25, 0.3) is 0 Å². The molecule has 0 aliphatic rings. The zero-order chi connectivity index (χ0) is 13.4. The summed E-state index contributed by atoms with van der Waals surface area (Å²) in [6.45, 7) is 0. The molecule has 0 aromatic carbocycles. The molecule has 16 heavy (non-hydrogen) atoms. The van der Waals surface area contributed by atoms with E-state index in [2.05, 4.69) is 23.6 Å². The number of hydrogen-bond acceptors (Lipinski definition) is 5. The Morgan fingerprint density at radius 2 is 1.25 bits per heavy atom. The second-order valence-corrected chi connectivity index (χ2v) is 3.12. The van der Waals surface area contributed by atoms with Crippen molar-refractivity contribution in [2.24, 2.45) is 0 Å². The molecule has 0 saturated heterocycles. The summed E-state index contributed by atoms with van der Waals surface area (Å²) in [5.41, 5.74) is -2.74. The standard InChI is InChI=1S/C6H8O7.Cl2HN/c7-3(8)1-6(13,5(11)12)2-4(9)10;1-3-2/h13H,1-2H2,(H,7,8)(H,9,10)(H,11,12);3H. The van der Waals surface area contributed by atoms with Gasteiger partial charge in [0, 0.05) is 0 Å². The molecule has 10 heteroatoms. The number of hydrogen-bond donors (Lipinski definition) is 5. The number of rotatable bonds is 5. The maximum Gasteiger partial charge on any atom is 0.336 e. The number of carboxylic acids is 3. The number of halogens is 2. The van der Waals surface area contributed by atoms with Crippen molar-refractivity contribution in [3.05, 3.63) is 0 Å². The zero-order valence-electron chi connectivity index (χ0n) is 7.68. The number of aliphatic hydroxyl groups is 1. The maximum absolute atomic E-state index is 10.3. The van der Waals surface area contributed by atoms with Gasteiger partial charge in [-0.15, -0.1) is 4.35 Å². The summed E-state index contributed by atoms with van der Waals surface area (Å²) in [7, 11) is 0. The average molecular weight is 278 g/mol. The van der Waals surface area contributed by atoms with Crippen LogP contribution < -0.4 is 4.35 Å². The van der Waals surface area contributed by atoms with E-state index in [-0.39, 0.29) is 0 Å². The fourth-order valence-electron chi connectivity index (χ4n) is 0.714. The zero-order valence-corrected chi connectivity index (χ0v) is 9.20. The minimum Gasteiger partial charge on any atom is -0.481 e. The van der Waals surface area contributed by atoms with E-state index in [1.54, 1.807) is 4.35 Å². The third kappa shape index (κ3) is 8.24. The molecular weight excluding hydrogens is 269 g/mol. The van der Waals surface area contributed by atoms with Crippen molar-refractivity contribution >= 4 is 41.5 Å². The van der Waals surface area contributed by atoms with Crippen molar-refractivity contribution < 1.29 is 34.8 Å². The van der Waals surface area contributed by atoms with Gasteiger partial charge < -0.3 is 20.4 Å². The number of nitrogens with one attached hydrogen (secondary N) is 1. The fraction of sp³-hybridized carbons (Fsp3) is 0.500. The number of carboxylic acid groups (broad SMARTS) is 3. The van der Waals surface area contributed by atoms with Crippen LogP contribution in [-0.4, -0.2) is 43.9 Å². The normalized spacial score (nSPS) is 9.94. The van der Waals surface area contributed by atoms with Crippen LogP contribution in [0, 0.1) is 0 Å². The van der Waals surface area contributed by atoms with E-state index in [0.29, 0.717) is 0 Å². The molecule has 0 atom stereocenters. The molecule has 94 valence electrons. The van der Waals surface area contributed by atoms with Gasteiger partial charge in [0.2, 0.25) is 0 Å². The maximum atomic E-state index is 10.3. The topological polar surface area (TPSA) is 144 Å². The molecule has 0 aromatic rings. The molecule has 0 unspecified atom stereocenters. The molecule has 0 rings (SSSR count). The van der Waals surface area contributed by atoms with Gasteiger partial charge in [0.05, 0.1) is 12.8 Å². The van der Waals surface area contributed by atoms with Crippen molar-refractivity contribution in [1.82, 2.24) is 4.35 Å². The Bertz CT molecular complexity index is 254. The Labute approximate surface area is 99.6 Å². The van der Waals surface area contributed by atoms with Gasteiger partial charge in [-0.25, -0.2) is 4.79 Å². The molecule has 0 aromatic heterocycles. The highest BCUT2D eigenvalue weighted by Crippen LogP contribution is 2.15. The van der Waals surface area contributed by atoms with Crippen LogP contribution in [0.2, 0.25) is 0 Å². The van der Waals surface area contributed by atoms with Gasteiger partial charge in [-0.3, -0.25) is 9.59 Å². The lowest BCUT2D eigenvalue weighted by atomic mass is 9.96. The Kier molecular flexibility index (Phi) is 8.77. The van der Waals surface area contributed by atoms with Crippen molar-refractivity contribution in [3.8, 4) is 0 Å². The summed E-state index contributed by atoms with van der Waals surface area (Å²) in [5.74, 6) is -5.02. The lowest BCUT2D eigenvalue weighted by Crippen LogP contribution is -2.42. The highest BCUT2D eigenvalue weighted by Gasteiger charge is 2.40. The highest BCUT2D eigenvalue weighted by atomic mass is 35.5. The predicted molar refractivity (Wildman–Crippen MR) is 51.9 cm³/mol. The second-order valence-electron chi connectivity index (χ2n) is 2.55. The molecule has 0 bridgehead atoms. The fourth-order valence-corrected chi connectivity index (χ4v) is 0.714. The first-order valence-electron chi connectivity index (χ1n) is 3.55. The van der Waals surface area contributed by atoms with Crippen LogP contribution in [0.5, 0.6) is 0 Å². The Hall–Kier alpha value is -1.09. The number of carbonyl (C=O) groups is 3. The van der Waals surface area contributed by atoms with E-state index >= 15 is 0 Å². The summed E-state index contributed by atoms with van der Waals surface area (Å²) in [6, 6.07) is 0. The van der Waals surface area contributed by atoms with E-state index in [0.717, 1.165) is 0 Å². The molecule has 0 saturated carbocycles. The molecule has 0 aliphatic carbocycles. The van der Waals surface area contributed by atoms with Crippen LogP contribution in [0.3, 0.4) is 0 Å². The van der Waals surface area contributed by atoms with Gasteiger partial charge in [0.25, 0.3) is 0 Å². The van der Waals surface area contributed by atoms with E-state index in [1.807, 2.05) is 0 Å². The third-order valence-electron chi connectivity index (χ3n) is 1.29. The molecule has 8 nitrogen and oxygen atoms in total. The highest BCUT2D eigenvalue weighted by molar-refractivity contribution is 6.33. The number of aliphatic carboxylic acids is 3. The van der Waals surface area contributed by atoms with Crippen LogP contribution in [0.4, 0.5) is 0 Å². The average Bonchev–Trinajstić information content (AvgIpc) is 2.01. The van der Waals surface area contributed by atoms with E-state index in [4.69, 9.17) is 20.4 Å². The first-order chi connectivity index (χ1) is 7.19. The molecule has 0 spiro atoms. The van der Waals surface area contributed by atoms with Crippen LogP contribution >= 0.6 is 23.6 Å². The lowest BCUT2D eigenvalue weighted by Gasteiger charge is -2.18. The van der Waals surface area contributed by atoms with Gasteiger partial charge in [-0.1, -0.05) is 0 Å². The van der Waals surface area contributed by atoms with Crippen LogP contribution in [0.15, 0.2) is 0 Å². The van der Waals surface area contributed by atoms with Crippen molar-refractivity contribution in [3.63, 3.8) is 0 Å². The predicted octanol–water partition coefficient (Wildman–Crippen LogP) is -0.365. The molecule has 0 fully saturated rings. The quantitative estimate of drug-likeness (QED) is 0.428. The van der Waals surface area contributed by atoms with Crippen LogP contribution in [-0.2, 0) is 14.4 Å². The monoisotopic (exact) mass is 277 g/mol. The largest absolute Gasteiger partial charge is 0.481 e. The van der Waals surface area contributed by atoms with Crippen molar-refractivity contribution in [1.29, 1.82) is 0 Å². The van der Waals surface area contributed by atoms with Crippen molar-refractivity contribution in [2.75, 3.05) is 0 Å². The first-order valence-corrected chi connectivity index (χ1v) is 4.30. The lowest BCUT2D eigenvalue weighted by molar-refractivity contribution is -0.170. The Morgan fingerprint density at radius 1 is 1.00 bits per heavy atom. The smallest absolute Gasteiger partial charge is 0.336 e. The van der Waals surface area contributed by atoms with Gasteiger partial charge >= 0.3 is 17.9 Å². The summed E-state index contributed by atoms with van der Waals surface area (Å²) in [5, 5.41) is 33.8. The SMILES string of the molecule is ClNCl.O=C(O)CC(O)(CC(=O)O)C(=O)O. The van der Waals surface area contributed by atoms with Gasteiger partial charge in [-0.2, -0.15) is 0 Å². The minimum atomic E-state index is -2.74. The summed E-state index contributed by atoms with van der Waals surface area (Å²) >= 11 is 9.03. The third-order valence-corrected chi connectivity index (χ3v) is 1.29. The van der Waals surface area contributed by atoms with Gasteiger partial charge in [-0.05, 0) is 23.6 Å². The summed E-state index contributed by atoms with van der Waals surface area (Å²) in [4.78, 5) is 30.5. The molecular formula is C6H9Cl2NO7. The van der Waals surface area contributed by atoms with E-state index in [1.165, 1.54) is 0 Å². The molecule has 0 heterocycles. The van der Waals surface area contributed by atoms with E-state index in [9.17, 15) is 14.4 Å².